The summed E-state index contributed by atoms with van der Waals surface area (Å²) < 4.78 is 6.54. The molecule has 1 fully saturated rings. The van der Waals surface area contributed by atoms with Gasteiger partial charge >= 0.3 is 0 Å². The Kier molecular flexibility index (Phi) is 5.48. The number of hydrogen-bond donors (Lipinski definition) is 0. The third-order valence-corrected chi connectivity index (χ3v) is 5.81. The van der Waals surface area contributed by atoms with Gasteiger partial charge in [-0.3, -0.25) is 14.6 Å². The zero-order valence-electron chi connectivity index (χ0n) is 15.4. The van der Waals surface area contributed by atoms with E-state index in [0.717, 1.165) is 48.2 Å². The highest BCUT2D eigenvalue weighted by Gasteiger charge is 2.22. The van der Waals surface area contributed by atoms with Crippen molar-refractivity contribution in [3.63, 3.8) is 0 Å². The van der Waals surface area contributed by atoms with E-state index < -0.39 is 0 Å². The van der Waals surface area contributed by atoms with Crippen molar-refractivity contribution in [3.8, 4) is 0 Å². The highest BCUT2D eigenvalue weighted by atomic mass is 32.1. The van der Waals surface area contributed by atoms with E-state index in [1.807, 2.05) is 41.3 Å². The molecule has 0 radical (unpaired) electrons. The van der Waals surface area contributed by atoms with Gasteiger partial charge in [0.25, 0.3) is 5.91 Å². The number of thiazole rings is 1. The average Bonchev–Trinajstić information content (AvgIpc) is 3.12. The minimum atomic E-state index is -0.000336. The maximum absolute atomic E-state index is 13.2. The minimum absolute atomic E-state index is 0.000336. The van der Waals surface area contributed by atoms with E-state index in [2.05, 4.69) is 24.0 Å². The van der Waals surface area contributed by atoms with Gasteiger partial charge in [0.2, 0.25) is 0 Å². The molecule has 140 valence electrons. The number of anilines is 1. The Bertz CT molecular complexity index is 920. The summed E-state index contributed by atoms with van der Waals surface area (Å²) in [6.45, 7) is 6.84. The number of aryl methyl sites for hydroxylation is 1. The fraction of sp³-hybridized carbons (Fsp3) is 0.333. The first-order chi connectivity index (χ1) is 13.2. The number of benzene rings is 2. The second-order valence-corrected chi connectivity index (χ2v) is 7.75. The molecular formula is C21H23N3O2S. The number of nitrogens with zero attached hydrogens (tertiary/aromatic N) is 3. The zero-order valence-corrected chi connectivity index (χ0v) is 16.2. The molecule has 3 aromatic rings. The van der Waals surface area contributed by atoms with Crippen molar-refractivity contribution in [1.29, 1.82) is 0 Å². The highest BCUT2D eigenvalue weighted by molar-refractivity contribution is 7.22. The van der Waals surface area contributed by atoms with E-state index in [9.17, 15) is 4.79 Å². The van der Waals surface area contributed by atoms with Gasteiger partial charge in [-0.25, -0.2) is 4.98 Å². The molecule has 0 atom stereocenters. The molecule has 0 saturated carbocycles. The summed E-state index contributed by atoms with van der Waals surface area (Å²) >= 11 is 1.58. The van der Waals surface area contributed by atoms with Crippen LogP contribution in [0.3, 0.4) is 0 Å². The first kappa shape index (κ1) is 18.1. The van der Waals surface area contributed by atoms with Crippen molar-refractivity contribution in [3.05, 3.63) is 59.7 Å². The molecule has 1 amide bonds. The van der Waals surface area contributed by atoms with Crippen LogP contribution >= 0.6 is 11.3 Å². The van der Waals surface area contributed by atoms with Gasteiger partial charge < -0.3 is 4.74 Å². The smallest absolute Gasteiger partial charge is 0.260 e. The Labute approximate surface area is 163 Å². The number of aromatic nitrogens is 1. The Hall–Kier alpha value is -2.28. The summed E-state index contributed by atoms with van der Waals surface area (Å²) in [5, 5.41) is 0.762. The highest BCUT2D eigenvalue weighted by Crippen LogP contribution is 2.30. The number of amides is 1. The number of rotatable bonds is 5. The molecule has 0 bridgehead atoms. The lowest BCUT2D eigenvalue weighted by Gasteiger charge is -2.29. The lowest BCUT2D eigenvalue weighted by atomic mass is 10.2. The molecule has 0 unspecified atom stereocenters. The van der Waals surface area contributed by atoms with E-state index in [1.165, 1.54) is 5.56 Å². The summed E-state index contributed by atoms with van der Waals surface area (Å²) in [6, 6.07) is 15.7. The van der Waals surface area contributed by atoms with E-state index in [-0.39, 0.29) is 5.91 Å². The van der Waals surface area contributed by atoms with Crippen LogP contribution in [0, 0.1) is 6.92 Å². The van der Waals surface area contributed by atoms with Crippen LogP contribution in [0.1, 0.15) is 15.9 Å². The maximum Gasteiger partial charge on any atom is 0.260 e. The van der Waals surface area contributed by atoms with Crippen molar-refractivity contribution in [1.82, 2.24) is 9.88 Å². The molecule has 0 aliphatic carbocycles. The third kappa shape index (κ3) is 4.18. The predicted molar refractivity (Wildman–Crippen MR) is 110 cm³/mol. The number of morpholine rings is 1. The quantitative estimate of drug-likeness (QED) is 0.678. The molecule has 2 heterocycles. The van der Waals surface area contributed by atoms with Crippen molar-refractivity contribution in [2.24, 2.45) is 0 Å². The van der Waals surface area contributed by atoms with Gasteiger partial charge in [0.1, 0.15) is 0 Å². The number of hydrogen-bond acceptors (Lipinski definition) is 5. The minimum Gasteiger partial charge on any atom is -0.379 e. The number of ether oxygens (including phenoxy) is 1. The van der Waals surface area contributed by atoms with Crippen LogP contribution in [-0.4, -0.2) is 55.2 Å². The molecule has 27 heavy (non-hydrogen) atoms. The van der Waals surface area contributed by atoms with Crippen LogP contribution in [0.15, 0.2) is 48.5 Å². The van der Waals surface area contributed by atoms with E-state index in [0.29, 0.717) is 12.1 Å². The maximum atomic E-state index is 13.2. The lowest BCUT2D eigenvalue weighted by Crippen LogP contribution is -2.43. The average molecular weight is 382 g/mol. The van der Waals surface area contributed by atoms with Crippen LogP contribution in [0.2, 0.25) is 0 Å². The van der Waals surface area contributed by atoms with E-state index in [1.54, 1.807) is 11.3 Å². The second kappa shape index (κ2) is 8.17. The van der Waals surface area contributed by atoms with Crippen LogP contribution in [0.4, 0.5) is 5.13 Å². The number of carbonyl (C=O) groups excluding carboxylic acids is 1. The zero-order chi connectivity index (χ0) is 18.6. The Balaban J connectivity index is 1.62. The predicted octanol–water partition coefficient (Wildman–Crippen LogP) is 3.58. The van der Waals surface area contributed by atoms with Crippen molar-refractivity contribution in [2.45, 2.75) is 6.92 Å². The molecule has 0 N–H and O–H groups in total. The summed E-state index contributed by atoms with van der Waals surface area (Å²) in [5.41, 5.74) is 2.83. The fourth-order valence-corrected chi connectivity index (χ4v) is 4.31. The van der Waals surface area contributed by atoms with Gasteiger partial charge in [0.05, 0.1) is 23.4 Å². The third-order valence-electron chi connectivity index (χ3n) is 4.77. The summed E-state index contributed by atoms with van der Waals surface area (Å²) in [5.74, 6) is -0.000336. The van der Waals surface area contributed by atoms with E-state index >= 15 is 0 Å². The lowest BCUT2D eigenvalue weighted by molar-refractivity contribution is 0.0391. The van der Waals surface area contributed by atoms with Crippen LogP contribution in [-0.2, 0) is 4.74 Å². The molecule has 1 aliphatic heterocycles. The van der Waals surface area contributed by atoms with Gasteiger partial charge in [-0.05, 0) is 36.8 Å². The molecule has 2 aromatic carbocycles. The van der Waals surface area contributed by atoms with Crippen molar-refractivity contribution < 1.29 is 9.53 Å². The number of carbonyl (C=O) groups is 1. The number of fused-ring (bicyclic) bond motifs is 1. The summed E-state index contributed by atoms with van der Waals surface area (Å²) in [7, 11) is 0. The molecule has 5 nitrogen and oxygen atoms in total. The Morgan fingerprint density at radius 3 is 2.74 bits per heavy atom. The fourth-order valence-electron chi connectivity index (χ4n) is 3.22. The van der Waals surface area contributed by atoms with Gasteiger partial charge in [-0.15, -0.1) is 0 Å². The van der Waals surface area contributed by atoms with E-state index in [4.69, 9.17) is 9.72 Å². The molecule has 1 aliphatic rings. The molecule has 4 rings (SSSR count). The van der Waals surface area contributed by atoms with Crippen molar-refractivity contribution in [2.75, 3.05) is 44.3 Å². The largest absolute Gasteiger partial charge is 0.379 e. The van der Waals surface area contributed by atoms with Crippen LogP contribution < -0.4 is 4.90 Å². The van der Waals surface area contributed by atoms with Crippen LogP contribution in [0.5, 0.6) is 0 Å². The first-order valence-corrected chi connectivity index (χ1v) is 10.1. The molecular weight excluding hydrogens is 358 g/mol. The standard InChI is InChI=1S/C21H23N3O2S/c1-16-7-8-18-19(15-16)27-21(22-18)24(10-9-23-11-13-26-14-12-23)20(25)17-5-3-2-4-6-17/h2-8,15H,9-14H2,1H3. The van der Waals surface area contributed by atoms with Gasteiger partial charge in [-0.1, -0.05) is 35.6 Å². The summed E-state index contributed by atoms with van der Waals surface area (Å²) in [6.07, 6.45) is 0. The first-order valence-electron chi connectivity index (χ1n) is 9.25. The second-order valence-electron chi connectivity index (χ2n) is 6.74. The molecule has 0 spiro atoms. The van der Waals surface area contributed by atoms with Crippen LogP contribution in [0.25, 0.3) is 10.2 Å². The molecule has 1 aromatic heterocycles. The molecule has 1 saturated heterocycles. The van der Waals surface area contributed by atoms with Crippen molar-refractivity contribution >= 4 is 32.6 Å². The summed E-state index contributed by atoms with van der Waals surface area (Å²) in [4.78, 5) is 22.1. The Morgan fingerprint density at radius 1 is 1.19 bits per heavy atom. The SMILES string of the molecule is Cc1ccc2nc(N(CCN3CCOCC3)C(=O)c3ccccc3)sc2c1. The Morgan fingerprint density at radius 2 is 1.96 bits per heavy atom. The van der Waals surface area contributed by atoms with Gasteiger partial charge in [-0.2, -0.15) is 0 Å². The monoisotopic (exact) mass is 381 g/mol. The molecule has 6 heteroatoms. The van der Waals surface area contributed by atoms with Gasteiger partial charge in [0, 0.05) is 31.7 Å². The normalized spacial score (nSPS) is 15.1. The van der Waals surface area contributed by atoms with Gasteiger partial charge in [0.15, 0.2) is 5.13 Å². The topological polar surface area (TPSA) is 45.7 Å².